The maximum absolute atomic E-state index is 12.8. The Morgan fingerprint density at radius 3 is 2.00 bits per heavy atom. The van der Waals surface area contributed by atoms with E-state index < -0.39 is 5.63 Å². The van der Waals surface area contributed by atoms with Gasteiger partial charge >= 0.3 is 5.63 Å². The lowest BCUT2D eigenvalue weighted by molar-refractivity contribution is 0.324. The van der Waals surface area contributed by atoms with Gasteiger partial charge in [0.25, 0.3) is 0 Å². The van der Waals surface area contributed by atoms with Crippen LogP contribution in [0.1, 0.15) is 0 Å². The number of hydrogen-bond donors (Lipinski definition) is 0. The van der Waals surface area contributed by atoms with Crippen LogP contribution in [0.2, 0.25) is 0 Å². The van der Waals surface area contributed by atoms with Crippen LogP contribution in [-0.2, 0) is 0 Å². The zero-order valence-electron chi connectivity index (χ0n) is 17.7. The third kappa shape index (κ3) is 3.68. The Morgan fingerprint density at radius 2 is 1.35 bits per heavy atom. The monoisotopic (exact) mass is 418 g/mol. The number of methoxy groups -OCH3 is 4. The quantitative estimate of drug-likeness (QED) is 0.431. The minimum Gasteiger partial charge on any atom is -0.497 e. The van der Waals surface area contributed by atoms with Crippen LogP contribution in [0, 0.1) is 0 Å². The molecule has 0 aliphatic rings. The minimum atomic E-state index is -0.457. The van der Waals surface area contributed by atoms with Crippen molar-refractivity contribution in [2.45, 2.75) is 0 Å². The number of rotatable bonds is 6. The Balaban J connectivity index is 1.93. The second-order valence-corrected chi connectivity index (χ2v) is 6.84. The molecule has 0 aliphatic heterocycles. The van der Waals surface area contributed by atoms with Crippen molar-refractivity contribution in [3.8, 4) is 45.3 Å². The first-order valence-corrected chi connectivity index (χ1v) is 9.60. The molecule has 1 heterocycles. The lowest BCUT2D eigenvalue weighted by Gasteiger charge is -2.15. The molecule has 3 aromatic carbocycles. The van der Waals surface area contributed by atoms with E-state index in [9.17, 15) is 4.79 Å². The van der Waals surface area contributed by atoms with Crippen LogP contribution in [0.15, 0.2) is 70.1 Å². The molecule has 0 unspecified atom stereocenters. The van der Waals surface area contributed by atoms with Gasteiger partial charge in [0.1, 0.15) is 5.75 Å². The van der Waals surface area contributed by atoms with Gasteiger partial charge in [0.05, 0.1) is 40.3 Å². The topological polar surface area (TPSA) is 67.1 Å². The molecule has 0 atom stereocenters. The average Bonchev–Trinajstić information content (AvgIpc) is 2.82. The van der Waals surface area contributed by atoms with Gasteiger partial charge in [-0.3, -0.25) is 0 Å². The first kappa shape index (κ1) is 20.3. The van der Waals surface area contributed by atoms with Crippen LogP contribution in [0.4, 0.5) is 0 Å². The molecule has 158 valence electrons. The second kappa shape index (κ2) is 8.44. The SMILES string of the molecule is COc1ccc2cc(-c3ccoc(=O)c3-c3cc(OC)c(OC)c(OC)c3)ccc2c1. The molecule has 0 radical (unpaired) electrons. The molecular weight excluding hydrogens is 396 g/mol. The largest absolute Gasteiger partial charge is 0.497 e. The summed E-state index contributed by atoms with van der Waals surface area (Å²) in [5, 5.41) is 2.07. The van der Waals surface area contributed by atoms with Crippen molar-refractivity contribution in [2.75, 3.05) is 28.4 Å². The molecule has 0 saturated heterocycles. The minimum absolute atomic E-state index is 0.412. The van der Waals surface area contributed by atoms with E-state index >= 15 is 0 Å². The van der Waals surface area contributed by atoms with Gasteiger partial charge in [0.15, 0.2) is 11.5 Å². The summed E-state index contributed by atoms with van der Waals surface area (Å²) in [7, 11) is 6.25. The van der Waals surface area contributed by atoms with Crippen molar-refractivity contribution in [1.82, 2.24) is 0 Å². The zero-order chi connectivity index (χ0) is 22.0. The second-order valence-electron chi connectivity index (χ2n) is 6.84. The number of fused-ring (bicyclic) bond motifs is 1. The Hall–Kier alpha value is -3.93. The summed E-state index contributed by atoms with van der Waals surface area (Å²) in [6.07, 6.45) is 1.40. The molecule has 4 aromatic rings. The fourth-order valence-corrected chi connectivity index (χ4v) is 3.67. The van der Waals surface area contributed by atoms with Crippen molar-refractivity contribution >= 4 is 10.8 Å². The first-order chi connectivity index (χ1) is 15.1. The third-order valence-corrected chi connectivity index (χ3v) is 5.20. The van der Waals surface area contributed by atoms with E-state index in [-0.39, 0.29) is 0 Å². The van der Waals surface area contributed by atoms with Crippen LogP contribution in [-0.4, -0.2) is 28.4 Å². The Bertz CT molecular complexity index is 1280. The maximum Gasteiger partial charge on any atom is 0.344 e. The predicted molar refractivity (Wildman–Crippen MR) is 120 cm³/mol. The van der Waals surface area contributed by atoms with Gasteiger partial charge in [-0.1, -0.05) is 18.2 Å². The van der Waals surface area contributed by atoms with E-state index in [0.717, 1.165) is 27.6 Å². The molecule has 0 bridgehead atoms. The molecule has 0 amide bonds. The highest BCUT2D eigenvalue weighted by atomic mass is 16.5. The van der Waals surface area contributed by atoms with Gasteiger partial charge in [-0.15, -0.1) is 0 Å². The summed E-state index contributed by atoms with van der Waals surface area (Å²) < 4.78 is 26.8. The van der Waals surface area contributed by atoms with Crippen molar-refractivity contribution in [3.63, 3.8) is 0 Å². The molecule has 1 aromatic heterocycles. The van der Waals surface area contributed by atoms with E-state index in [1.54, 1.807) is 25.3 Å². The highest BCUT2D eigenvalue weighted by molar-refractivity contribution is 5.92. The lowest BCUT2D eigenvalue weighted by atomic mass is 9.94. The molecule has 6 nitrogen and oxygen atoms in total. The number of hydrogen-bond acceptors (Lipinski definition) is 6. The standard InChI is InChI=1S/C25H22O6/c1-27-19-8-7-15-11-17(6-5-16(15)12-19)20-9-10-31-25(26)23(20)18-13-21(28-2)24(30-4)22(14-18)29-3/h5-14H,1-4H3. The molecule has 4 rings (SSSR count). The first-order valence-electron chi connectivity index (χ1n) is 9.60. The fourth-order valence-electron chi connectivity index (χ4n) is 3.67. The van der Waals surface area contributed by atoms with Crippen molar-refractivity contribution in [3.05, 3.63) is 71.3 Å². The van der Waals surface area contributed by atoms with Gasteiger partial charge in [0, 0.05) is 0 Å². The molecule has 31 heavy (non-hydrogen) atoms. The molecule has 6 heteroatoms. The van der Waals surface area contributed by atoms with Crippen LogP contribution in [0.5, 0.6) is 23.0 Å². The van der Waals surface area contributed by atoms with Crippen LogP contribution < -0.4 is 24.6 Å². The van der Waals surface area contributed by atoms with Crippen molar-refractivity contribution in [1.29, 1.82) is 0 Å². The Kier molecular flexibility index (Phi) is 5.54. The van der Waals surface area contributed by atoms with E-state index in [2.05, 4.69) is 0 Å². The maximum atomic E-state index is 12.8. The molecule has 0 saturated carbocycles. The van der Waals surface area contributed by atoms with Crippen molar-refractivity contribution < 1.29 is 23.4 Å². The Labute approximate surface area is 179 Å². The molecular formula is C25H22O6. The molecule has 0 spiro atoms. The van der Waals surface area contributed by atoms with Crippen LogP contribution >= 0.6 is 0 Å². The summed E-state index contributed by atoms with van der Waals surface area (Å²) in [6, 6.07) is 17.1. The smallest absolute Gasteiger partial charge is 0.344 e. The highest BCUT2D eigenvalue weighted by Gasteiger charge is 2.19. The molecule has 0 aliphatic carbocycles. The number of ether oxygens (including phenoxy) is 4. The van der Waals surface area contributed by atoms with Gasteiger partial charge in [-0.2, -0.15) is 0 Å². The summed E-state index contributed by atoms with van der Waals surface area (Å²) in [6.45, 7) is 0. The van der Waals surface area contributed by atoms with Crippen LogP contribution in [0.3, 0.4) is 0 Å². The van der Waals surface area contributed by atoms with E-state index in [1.165, 1.54) is 27.6 Å². The summed E-state index contributed by atoms with van der Waals surface area (Å²) in [5.74, 6) is 2.15. The van der Waals surface area contributed by atoms with Gasteiger partial charge < -0.3 is 23.4 Å². The van der Waals surface area contributed by atoms with Gasteiger partial charge in [-0.05, 0) is 63.9 Å². The molecule has 0 N–H and O–H groups in total. The van der Waals surface area contributed by atoms with Gasteiger partial charge in [0.2, 0.25) is 5.75 Å². The summed E-state index contributed by atoms with van der Waals surface area (Å²) in [4.78, 5) is 12.8. The molecule has 0 fully saturated rings. The summed E-state index contributed by atoms with van der Waals surface area (Å²) in [5.41, 5.74) is 2.18. The predicted octanol–water partition coefficient (Wildman–Crippen LogP) is 5.16. The van der Waals surface area contributed by atoms with E-state index in [0.29, 0.717) is 28.4 Å². The summed E-state index contributed by atoms with van der Waals surface area (Å²) >= 11 is 0. The van der Waals surface area contributed by atoms with Crippen molar-refractivity contribution in [2.24, 2.45) is 0 Å². The lowest BCUT2D eigenvalue weighted by Crippen LogP contribution is -2.05. The number of benzene rings is 3. The van der Waals surface area contributed by atoms with E-state index in [4.69, 9.17) is 23.4 Å². The third-order valence-electron chi connectivity index (χ3n) is 5.20. The van der Waals surface area contributed by atoms with Gasteiger partial charge in [-0.25, -0.2) is 4.79 Å². The fraction of sp³-hybridized carbons (Fsp3) is 0.160. The average molecular weight is 418 g/mol. The highest BCUT2D eigenvalue weighted by Crippen LogP contribution is 2.42. The normalized spacial score (nSPS) is 10.7. The zero-order valence-corrected chi connectivity index (χ0v) is 17.7. The Morgan fingerprint density at radius 1 is 0.677 bits per heavy atom. The van der Waals surface area contributed by atoms with Crippen LogP contribution in [0.25, 0.3) is 33.0 Å². The van der Waals surface area contributed by atoms with E-state index in [1.807, 2.05) is 36.4 Å².